The van der Waals surface area contributed by atoms with Gasteiger partial charge in [-0.2, -0.15) is 0 Å². The molecule has 152 valence electrons. The van der Waals surface area contributed by atoms with Gasteiger partial charge >= 0.3 is 5.97 Å². The Balaban J connectivity index is 0. The SMILES string of the molecule is C=C/C=C(\C=C)C[C@H](C)NC(=O)CNC(=O)CC(=O)O.CCCN=C(N)N. The molecule has 9 nitrogen and oxygen atoms in total. The maximum absolute atomic E-state index is 11.5. The number of hydrogen-bond acceptors (Lipinski definition) is 4. The first kappa shape index (κ1) is 26.1. The molecule has 0 spiro atoms. The highest BCUT2D eigenvalue weighted by molar-refractivity contribution is 5.95. The molecule has 2 amide bonds. The largest absolute Gasteiger partial charge is 0.481 e. The number of aliphatic carboxylic acids is 1. The average molecular weight is 381 g/mol. The van der Waals surface area contributed by atoms with E-state index in [4.69, 9.17) is 16.6 Å². The van der Waals surface area contributed by atoms with Gasteiger partial charge in [0.2, 0.25) is 11.8 Å². The number of allylic oxidation sites excluding steroid dienone is 3. The van der Waals surface area contributed by atoms with Crippen LogP contribution in [0, 0.1) is 0 Å². The smallest absolute Gasteiger partial charge is 0.312 e. The monoisotopic (exact) mass is 381 g/mol. The Morgan fingerprint density at radius 2 is 1.85 bits per heavy atom. The zero-order chi connectivity index (χ0) is 21.2. The van der Waals surface area contributed by atoms with Crippen LogP contribution in [0.25, 0.3) is 0 Å². The first-order valence-corrected chi connectivity index (χ1v) is 8.43. The fourth-order valence-electron chi connectivity index (χ4n) is 1.72. The summed E-state index contributed by atoms with van der Waals surface area (Å²) < 4.78 is 0. The number of nitrogens with zero attached hydrogens (tertiary/aromatic N) is 1. The molecule has 0 bridgehead atoms. The van der Waals surface area contributed by atoms with E-state index in [-0.39, 0.29) is 24.5 Å². The molecule has 0 radical (unpaired) electrons. The Hall–Kier alpha value is -3.10. The van der Waals surface area contributed by atoms with Gasteiger partial charge in [-0.3, -0.25) is 19.4 Å². The van der Waals surface area contributed by atoms with Gasteiger partial charge in [0.05, 0.1) is 6.54 Å². The Morgan fingerprint density at radius 1 is 1.22 bits per heavy atom. The van der Waals surface area contributed by atoms with Crippen LogP contribution in [0.5, 0.6) is 0 Å². The molecule has 0 saturated carbocycles. The van der Waals surface area contributed by atoms with Crippen LogP contribution in [-0.4, -0.2) is 48.0 Å². The molecule has 0 unspecified atom stereocenters. The molecule has 9 heteroatoms. The van der Waals surface area contributed by atoms with Crippen molar-refractivity contribution in [3.8, 4) is 0 Å². The second kappa shape index (κ2) is 16.4. The number of nitrogens with two attached hydrogens (primary N) is 2. The zero-order valence-electron chi connectivity index (χ0n) is 16.0. The minimum atomic E-state index is -1.23. The Bertz CT molecular complexity index is 566. The van der Waals surface area contributed by atoms with Crippen molar-refractivity contribution in [2.75, 3.05) is 13.1 Å². The van der Waals surface area contributed by atoms with Crippen LogP contribution in [0.15, 0.2) is 42.0 Å². The van der Waals surface area contributed by atoms with Crippen LogP contribution in [-0.2, 0) is 14.4 Å². The van der Waals surface area contributed by atoms with Crippen molar-refractivity contribution in [3.63, 3.8) is 0 Å². The van der Waals surface area contributed by atoms with Crippen molar-refractivity contribution in [2.45, 2.75) is 39.2 Å². The molecular formula is C18H31N5O4. The third-order valence-electron chi connectivity index (χ3n) is 2.82. The van der Waals surface area contributed by atoms with Gasteiger partial charge < -0.3 is 27.2 Å². The van der Waals surface area contributed by atoms with E-state index in [1.54, 1.807) is 18.2 Å². The van der Waals surface area contributed by atoms with Crippen molar-refractivity contribution in [1.29, 1.82) is 0 Å². The number of carbonyl (C=O) groups is 3. The van der Waals surface area contributed by atoms with Crippen molar-refractivity contribution >= 4 is 23.7 Å². The Kier molecular flexibility index (Phi) is 15.8. The molecule has 0 aliphatic heterocycles. The molecule has 1 atom stereocenters. The quantitative estimate of drug-likeness (QED) is 0.151. The van der Waals surface area contributed by atoms with E-state index in [2.05, 4.69) is 28.8 Å². The summed E-state index contributed by atoms with van der Waals surface area (Å²) in [5, 5.41) is 13.3. The van der Waals surface area contributed by atoms with Gasteiger partial charge in [0.1, 0.15) is 6.42 Å². The third kappa shape index (κ3) is 19.1. The van der Waals surface area contributed by atoms with Crippen LogP contribution < -0.4 is 22.1 Å². The van der Waals surface area contributed by atoms with E-state index in [0.29, 0.717) is 6.42 Å². The molecule has 0 aromatic rings. The lowest BCUT2D eigenvalue weighted by Crippen LogP contribution is -2.41. The molecule has 0 aliphatic rings. The van der Waals surface area contributed by atoms with E-state index < -0.39 is 18.3 Å². The van der Waals surface area contributed by atoms with Gasteiger partial charge in [0.15, 0.2) is 5.96 Å². The average Bonchev–Trinajstić information content (AvgIpc) is 2.57. The second-order valence-corrected chi connectivity index (χ2v) is 5.51. The number of guanidine groups is 1. The molecule has 0 aromatic carbocycles. The summed E-state index contributed by atoms with van der Waals surface area (Å²) in [6.45, 7) is 11.6. The van der Waals surface area contributed by atoms with Crippen molar-refractivity contribution < 1.29 is 19.5 Å². The fourth-order valence-corrected chi connectivity index (χ4v) is 1.72. The second-order valence-electron chi connectivity index (χ2n) is 5.51. The number of rotatable bonds is 11. The Morgan fingerprint density at radius 3 is 2.26 bits per heavy atom. The minimum Gasteiger partial charge on any atom is -0.481 e. The summed E-state index contributed by atoms with van der Waals surface area (Å²) in [5.74, 6) is -2.12. The fraction of sp³-hybridized carbons (Fsp3) is 0.444. The number of carboxylic acids is 1. The van der Waals surface area contributed by atoms with Gasteiger partial charge in [0, 0.05) is 12.6 Å². The number of carbonyl (C=O) groups excluding carboxylic acids is 2. The molecule has 0 fully saturated rings. The molecular weight excluding hydrogens is 350 g/mol. The number of aliphatic imine (C=N–C) groups is 1. The molecule has 0 rings (SSSR count). The van der Waals surface area contributed by atoms with Gasteiger partial charge in [-0.1, -0.05) is 38.3 Å². The summed E-state index contributed by atoms with van der Waals surface area (Å²) in [5.41, 5.74) is 10.9. The maximum atomic E-state index is 11.5. The lowest BCUT2D eigenvalue weighted by atomic mass is 10.1. The van der Waals surface area contributed by atoms with Gasteiger partial charge in [-0.25, -0.2) is 0 Å². The highest BCUT2D eigenvalue weighted by Gasteiger charge is 2.11. The Labute approximate surface area is 160 Å². The van der Waals surface area contributed by atoms with Crippen molar-refractivity contribution in [2.24, 2.45) is 16.5 Å². The summed E-state index contributed by atoms with van der Waals surface area (Å²) in [7, 11) is 0. The molecule has 0 saturated heterocycles. The van der Waals surface area contributed by atoms with Crippen LogP contribution in [0.3, 0.4) is 0 Å². The predicted molar refractivity (Wildman–Crippen MR) is 107 cm³/mol. The summed E-state index contributed by atoms with van der Waals surface area (Å²) in [4.78, 5) is 36.6. The summed E-state index contributed by atoms with van der Waals surface area (Å²) in [6, 6.07) is -0.136. The van der Waals surface area contributed by atoms with Crippen LogP contribution in [0.2, 0.25) is 0 Å². The highest BCUT2D eigenvalue weighted by Crippen LogP contribution is 2.06. The maximum Gasteiger partial charge on any atom is 0.312 e. The topological polar surface area (TPSA) is 160 Å². The number of hydrogen-bond donors (Lipinski definition) is 5. The molecule has 27 heavy (non-hydrogen) atoms. The number of nitrogens with one attached hydrogen (secondary N) is 2. The lowest BCUT2D eigenvalue weighted by Gasteiger charge is -2.14. The lowest BCUT2D eigenvalue weighted by molar-refractivity contribution is -0.141. The first-order chi connectivity index (χ1) is 12.7. The van der Waals surface area contributed by atoms with Gasteiger partial charge in [-0.15, -0.1) is 0 Å². The predicted octanol–water partition coefficient (Wildman–Crippen LogP) is 0.440. The van der Waals surface area contributed by atoms with Crippen LogP contribution in [0.1, 0.15) is 33.1 Å². The highest BCUT2D eigenvalue weighted by atomic mass is 16.4. The summed E-state index contributed by atoms with van der Waals surface area (Å²) in [6.07, 6.45) is 6.05. The van der Waals surface area contributed by atoms with E-state index in [9.17, 15) is 14.4 Å². The zero-order valence-corrected chi connectivity index (χ0v) is 16.0. The summed E-state index contributed by atoms with van der Waals surface area (Å²) >= 11 is 0. The minimum absolute atomic E-state index is 0.136. The number of amides is 2. The van der Waals surface area contributed by atoms with Crippen LogP contribution in [0.4, 0.5) is 0 Å². The van der Waals surface area contributed by atoms with E-state index in [1.807, 2.05) is 13.8 Å². The molecule has 0 aliphatic carbocycles. The van der Waals surface area contributed by atoms with Crippen molar-refractivity contribution in [3.05, 3.63) is 37.0 Å². The third-order valence-corrected chi connectivity index (χ3v) is 2.82. The van der Waals surface area contributed by atoms with Crippen molar-refractivity contribution in [1.82, 2.24) is 10.6 Å². The van der Waals surface area contributed by atoms with E-state index in [1.165, 1.54) is 0 Å². The molecule has 0 heterocycles. The molecule has 0 aromatic heterocycles. The van der Waals surface area contributed by atoms with Crippen LogP contribution >= 0.6 is 0 Å². The normalized spacial score (nSPS) is 11.1. The van der Waals surface area contributed by atoms with E-state index in [0.717, 1.165) is 18.5 Å². The number of carboxylic acid groups (broad SMARTS) is 1. The van der Waals surface area contributed by atoms with E-state index >= 15 is 0 Å². The van der Waals surface area contributed by atoms with Gasteiger partial charge in [0.25, 0.3) is 0 Å². The van der Waals surface area contributed by atoms with Gasteiger partial charge in [-0.05, 0) is 25.3 Å². The molecule has 7 N–H and O–H groups in total. The first-order valence-electron chi connectivity index (χ1n) is 8.43. The standard InChI is InChI=1S/C14H20N2O4.C4H11N3/c1-4-6-11(5-2)7-10(3)16-13(18)9-15-12(17)8-14(19)20;1-2-3-7-4(5)6/h4-6,10H,1-2,7-9H2,3H3,(H,15,17)(H,16,18)(H,19,20);2-3H2,1H3,(H4,5,6,7)/b11-6+;/t10-;/m0./s1.